The summed E-state index contributed by atoms with van der Waals surface area (Å²) in [6.45, 7) is 1.07. The molecule has 0 aliphatic carbocycles. The Morgan fingerprint density at radius 1 is 1.10 bits per heavy atom. The van der Waals surface area contributed by atoms with Gasteiger partial charge in [0.05, 0.1) is 17.9 Å². The van der Waals surface area contributed by atoms with E-state index < -0.39 is 11.7 Å². The highest BCUT2D eigenvalue weighted by Gasteiger charge is 2.30. The van der Waals surface area contributed by atoms with Gasteiger partial charge in [-0.15, -0.1) is 4.52 Å². The topological polar surface area (TPSA) is 93.2 Å². The number of benzene rings is 2. The Kier molecular flexibility index (Phi) is 5.81. The number of hydrogen-bond donors (Lipinski definition) is 2. The quantitative estimate of drug-likeness (QED) is 0.384. The summed E-state index contributed by atoms with van der Waals surface area (Å²) in [6.07, 6.45) is -4.43. The highest BCUT2D eigenvalue weighted by Crippen LogP contribution is 2.29. The molecule has 0 aliphatic rings. The van der Waals surface area contributed by atoms with E-state index in [0.717, 1.165) is 28.7 Å². The highest BCUT2D eigenvalue weighted by molar-refractivity contribution is 5.91. The lowest BCUT2D eigenvalue weighted by Gasteiger charge is -2.08. The lowest BCUT2D eigenvalue weighted by atomic mass is 10.1. The summed E-state index contributed by atoms with van der Waals surface area (Å²) in [7, 11) is 1.60. The number of hydrogen-bond acceptors (Lipinski definition) is 4. The van der Waals surface area contributed by atoms with Crippen molar-refractivity contribution in [2.45, 2.75) is 6.18 Å². The molecule has 0 fully saturated rings. The van der Waals surface area contributed by atoms with Crippen LogP contribution in [0.3, 0.4) is 0 Å². The van der Waals surface area contributed by atoms with Crippen LogP contribution >= 0.6 is 0 Å². The Morgan fingerprint density at radius 2 is 1.80 bits per heavy atom. The zero-order valence-corrected chi connectivity index (χ0v) is 15.9. The number of halogens is 3. The van der Waals surface area contributed by atoms with E-state index in [-0.39, 0.29) is 11.0 Å². The molecule has 7 nitrogen and oxygen atoms in total. The largest absolute Gasteiger partial charge is 0.870 e. The van der Waals surface area contributed by atoms with E-state index in [9.17, 15) is 18.0 Å². The van der Waals surface area contributed by atoms with Gasteiger partial charge in [0, 0.05) is 25.1 Å². The third-order valence-electron chi connectivity index (χ3n) is 4.65. The molecule has 0 amide bonds. The van der Waals surface area contributed by atoms with E-state index >= 15 is 0 Å². The molecule has 0 bridgehead atoms. The Labute approximate surface area is 168 Å². The molecule has 2 aromatic heterocycles. The SMILES string of the molecule is COCCNc1cc2c(=O)n(-c3ccc(C(F)(F)F)cc3)[nH][n+]2c2ccccc12.[OH-]. The maximum atomic E-state index is 13.0. The number of ether oxygens (including phenoxy) is 1. The number of nitrogens with zero attached hydrogens (tertiary/aromatic N) is 2. The number of methoxy groups -OCH3 is 1. The first-order chi connectivity index (χ1) is 13.9. The second-order valence-corrected chi connectivity index (χ2v) is 6.50. The first kappa shape index (κ1) is 21.3. The molecule has 0 atom stereocenters. The third kappa shape index (κ3) is 3.74. The Bertz CT molecular complexity index is 1230. The van der Waals surface area contributed by atoms with Gasteiger partial charge < -0.3 is 15.5 Å². The minimum atomic E-state index is -4.43. The molecule has 2 aromatic carbocycles. The molecular weight excluding hydrogens is 401 g/mol. The van der Waals surface area contributed by atoms with E-state index in [1.54, 1.807) is 17.7 Å². The number of pyridine rings is 1. The average molecular weight is 420 g/mol. The molecule has 0 aliphatic heterocycles. The molecule has 4 aromatic rings. The first-order valence-electron chi connectivity index (χ1n) is 8.89. The minimum Gasteiger partial charge on any atom is -0.870 e. The van der Waals surface area contributed by atoms with Crippen LogP contribution in [-0.4, -0.2) is 35.6 Å². The smallest absolute Gasteiger partial charge is 0.416 e. The van der Waals surface area contributed by atoms with Crippen molar-refractivity contribution in [1.29, 1.82) is 0 Å². The van der Waals surface area contributed by atoms with Crippen molar-refractivity contribution in [1.82, 2.24) is 9.90 Å². The van der Waals surface area contributed by atoms with Crippen LogP contribution in [0.25, 0.3) is 22.1 Å². The van der Waals surface area contributed by atoms with Crippen molar-refractivity contribution in [2.24, 2.45) is 0 Å². The number of para-hydroxylation sites is 1. The molecule has 158 valence electrons. The number of aromatic nitrogens is 3. The predicted octanol–water partition coefficient (Wildman–Crippen LogP) is 2.96. The Balaban J connectivity index is 0.00000256. The van der Waals surface area contributed by atoms with Crippen LogP contribution in [0, 0.1) is 0 Å². The van der Waals surface area contributed by atoms with Gasteiger partial charge in [0.2, 0.25) is 5.52 Å². The van der Waals surface area contributed by atoms with E-state index in [1.807, 2.05) is 24.3 Å². The molecule has 0 spiro atoms. The summed E-state index contributed by atoms with van der Waals surface area (Å²) >= 11 is 0. The molecule has 30 heavy (non-hydrogen) atoms. The van der Waals surface area contributed by atoms with Gasteiger partial charge in [0.25, 0.3) is 0 Å². The van der Waals surface area contributed by atoms with Gasteiger partial charge in [-0.05, 0) is 36.4 Å². The van der Waals surface area contributed by atoms with Gasteiger partial charge in [0.1, 0.15) is 0 Å². The third-order valence-corrected chi connectivity index (χ3v) is 4.65. The number of nitrogens with one attached hydrogen (secondary N) is 2. The summed E-state index contributed by atoms with van der Waals surface area (Å²) in [5, 5.41) is 7.11. The number of aromatic amines is 1. The summed E-state index contributed by atoms with van der Waals surface area (Å²) in [4.78, 5) is 13.0. The summed E-state index contributed by atoms with van der Waals surface area (Å²) < 4.78 is 46.4. The average Bonchev–Trinajstić information content (AvgIpc) is 3.04. The van der Waals surface area contributed by atoms with E-state index in [0.29, 0.717) is 24.4 Å². The molecule has 4 rings (SSSR count). The number of H-pyrrole nitrogens is 1. The van der Waals surface area contributed by atoms with Crippen LogP contribution in [0.1, 0.15) is 5.56 Å². The van der Waals surface area contributed by atoms with Gasteiger partial charge in [-0.1, -0.05) is 22.0 Å². The van der Waals surface area contributed by atoms with Crippen LogP contribution < -0.4 is 15.4 Å². The van der Waals surface area contributed by atoms with Crippen molar-refractivity contribution in [2.75, 3.05) is 25.6 Å². The van der Waals surface area contributed by atoms with E-state index in [2.05, 4.69) is 10.5 Å². The van der Waals surface area contributed by atoms with Crippen LogP contribution in [0.5, 0.6) is 0 Å². The first-order valence-corrected chi connectivity index (χ1v) is 8.89. The molecule has 3 N–H and O–H groups in total. The van der Waals surface area contributed by atoms with Crippen LogP contribution in [0.2, 0.25) is 0 Å². The van der Waals surface area contributed by atoms with Gasteiger partial charge in [0.15, 0.2) is 11.2 Å². The number of anilines is 1. The summed E-state index contributed by atoms with van der Waals surface area (Å²) in [5.41, 5.74) is 1.06. The molecule has 10 heteroatoms. The lowest BCUT2D eigenvalue weighted by molar-refractivity contribution is -0.555. The van der Waals surface area contributed by atoms with E-state index in [4.69, 9.17) is 4.74 Å². The fourth-order valence-corrected chi connectivity index (χ4v) is 3.24. The molecule has 0 saturated heterocycles. The van der Waals surface area contributed by atoms with Gasteiger partial charge in [-0.25, -0.2) is 4.79 Å². The summed E-state index contributed by atoms with van der Waals surface area (Å²) in [5.74, 6) is 0. The van der Waals surface area contributed by atoms with Crippen molar-refractivity contribution in [3.8, 4) is 5.69 Å². The maximum Gasteiger partial charge on any atom is 0.416 e. The lowest BCUT2D eigenvalue weighted by Crippen LogP contribution is -2.26. The minimum absolute atomic E-state index is 0. The molecule has 0 radical (unpaired) electrons. The Hall–Kier alpha value is -3.37. The monoisotopic (exact) mass is 420 g/mol. The van der Waals surface area contributed by atoms with E-state index in [1.165, 1.54) is 16.8 Å². The molecule has 0 unspecified atom stereocenters. The second-order valence-electron chi connectivity index (χ2n) is 6.50. The zero-order valence-electron chi connectivity index (χ0n) is 15.9. The standard InChI is InChI=1S/C20H17F3N4O2.H2O/c1-29-11-10-24-16-12-18-19(28)26(14-8-6-13(7-9-14)20(21,22)23)25-27(18)17-5-3-2-4-15(16)17;/h2-9,12,25H,10-11H2,1H3;1H2. The van der Waals surface area contributed by atoms with Gasteiger partial charge in [-0.2, -0.15) is 13.2 Å². The predicted molar refractivity (Wildman–Crippen MR) is 104 cm³/mol. The highest BCUT2D eigenvalue weighted by atomic mass is 19.4. The molecule has 2 heterocycles. The van der Waals surface area contributed by atoms with Crippen molar-refractivity contribution < 1.29 is 27.9 Å². The Morgan fingerprint density at radius 3 is 2.47 bits per heavy atom. The van der Waals surface area contributed by atoms with Crippen molar-refractivity contribution in [3.63, 3.8) is 0 Å². The summed E-state index contributed by atoms with van der Waals surface area (Å²) in [6, 6.07) is 13.7. The second kappa shape index (κ2) is 8.17. The van der Waals surface area contributed by atoms with Crippen LogP contribution in [0.4, 0.5) is 18.9 Å². The number of rotatable bonds is 5. The molecule has 0 saturated carbocycles. The fraction of sp³-hybridized carbons (Fsp3) is 0.200. The molecular formula is C20H19F3N4O3. The van der Waals surface area contributed by atoms with Crippen molar-refractivity contribution >= 4 is 22.1 Å². The van der Waals surface area contributed by atoms with Crippen LogP contribution in [0.15, 0.2) is 59.4 Å². The van der Waals surface area contributed by atoms with Gasteiger partial charge >= 0.3 is 11.7 Å². The fourth-order valence-electron chi connectivity index (χ4n) is 3.24. The number of alkyl halides is 3. The zero-order chi connectivity index (χ0) is 20.6. The number of fused-ring (bicyclic) bond motifs is 3. The van der Waals surface area contributed by atoms with Crippen molar-refractivity contribution in [3.05, 3.63) is 70.5 Å². The van der Waals surface area contributed by atoms with Gasteiger partial charge in [-0.3, -0.25) is 0 Å². The maximum absolute atomic E-state index is 13.0. The van der Waals surface area contributed by atoms with Crippen LogP contribution in [-0.2, 0) is 10.9 Å². The normalized spacial score (nSPS) is 11.6.